The number of amides is 1. The van der Waals surface area contributed by atoms with Gasteiger partial charge in [-0.15, -0.1) is 0 Å². The van der Waals surface area contributed by atoms with Gasteiger partial charge in [-0.3, -0.25) is 9.69 Å². The van der Waals surface area contributed by atoms with Gasteiger partial charge in [0, 0.05) is 61.3 Å². The van der Waals surface area contributed by atoms with Crippen LogP contribution in [0.15, 0.2) is 36.4 Å². The molecule has 2 aromatic carbocycles. The molecule has 9 heteroatoms. The third kappa shape index (κ3) is 4.69. The number of fused-ring (bicyclic) bond motifs is 3. The second-order valence-corrected chi connectivity index (χ2v) is 10.3. The second-order valence-electron chi connectivity index (χ2n) is 10.3. The van der Waals surface area contributed by atoms with Gasteiger partial charge in [-0.2, -0.15) is 8.78 Å². The highest BCUT2D eigenvalue weighted by molar-refractivity contribution is 5.88. The predicted molar refractivity (Wildman–Crippen MR) is 133 cm³/mol. The Morgan fingerprint density at radius 2 is 1.84 bits per heavy atom. The van der Waals surface area contributed by atoms with Gasteiger partial charge < -0.3 is 14.6 Å². The minimum absolute atomic E-state index is 0.0192. The lowest BCUT2D eigenvalue weighted by Gasteiger charge is -2.42. The van der Waals surface area contributed by atoms with Crippen LogP contribution in [0.2, 0.25) is 0 Å². The molecule has 2 aliphatic heterocycles. The van der Waals surface area contributed by atoms with E-state index in [-0.39, 0.29) is 18.8 Å². The van der Waals surface area contributed by atoms with E-state index in [9.17, 15) is 13.6 Å². The SMILES string of the molecule is CCC1CN(CCOc2cc(F)c([C@@H]3c4[nH]c5ccccc5c4C[C@@H](C)N3C(=O)C(C)(F)F)c(F)c2)C1. The summed E-state index contributed by atoms with van der Waals surface area (Å²) in [6.07, 6.45) is 1.40. The molecule has 198 valence electrons. The van der Waals surface area contributed by atoms with Crippen LogP contribution in [-0.4, -0.2) is 58.9 Å². The van der Waals surface area contributed by atoms with Gasteiger partial charge in [0.15, 0.2) is 0 Å². The van der Waals surface area contributed by atoms with Gasteiger partial charge in [0.05, 0.1) is 5.56 Å². The van der Waals surface area contributed by atoms with Crippen molar-refractivity contribution in [3.63, 3.8) is 0 Å². The molecular weight excluding hydrogens is 486 g/mol. The molecule has 1 amide bonds. The number of rotatable bonds is 7. The highest BCUT2D eigenvalue weighted by Crippen LogP contribution is 2.44. The van der Waals surface area contributed by atoms with Gasteiger partial charge in [-0.25, -0.2) is 8.78 Å². The molecule has 5 nitrogen and oxygen atoms in total. The zero-order valence-corrected chi connectivity index (χ0v) is 21.2. The first kappa shape index (κ1) is 25.6. The first-order chi connectivity index (χ1) is 17.6. The largest absolute Gasteiger partial charge is 0.492 e. The summed E-state index contributed by atoms with van der Waals surface area (Å²) < 4.78 is 65.4. The van der Waals surface area contributed by atoms with Crippen molar-refractivity contribution < 1.29 is 27.1 Å². The summed E-state index contributed by atoms with van der Waals surface area (Å²) in [4.78, 5) is 19.2. The molecule has 3 aromatic rings. The van der Waals surface area contributed by atoms with E-state index in [2.05, 4.69) is 16.8 Å². The number of alkyl halides is 2. The molecule has 2 aliphatic rings. The van der Waals surface area contributed by atoms with Crippen LogP contribution in [0.1, 0.15) is 50.1 Å². The van der Waals surface area contributed by atoms with Gasteiger partial charge in [0.1, 0.15) is 30.0 Å². The zero-order chi connectivity index (χ0) is 26.5. The number of carbonyl (C=O) groups excluding carboxylic acids is 1. The van der Waals surface area contributed by atoms with Crippen LogP contribution in [0.3, 0.4) is 0 Å². The number of aromatic amines is 1. The third-order valence-electron chi connectivity index (χ3n) is 7.60. The Hall–Kier alpha value is -3.07. The van der Waals surface area contributed by atoms with E-state index in [1.165, 1.54) is 0 Å². The van der Waals surface area contributed by atoms with Crippen molar-refractivity contribution in [2.75, 3.05) is 26.2 Å². The third-order valence-corrected chi connectivity index (χ3v) is 7.60. The minimum Gasteiger partial charge on any atom is -0.492 e. The summed E-state index contributed by atoms with van der Waals surface area (Å²) in [5, 5.41) is 0.835. The fourth-order valence-electron chi connectivity index (χ4n) is 5.60. The predicted octanol–water partition coefficient (Wildman–Crippen LogP) is 5.68. The second kappa shape index (κ2) is 9.67. The molecule has 37 heavy (non-hydrogen) atoms. The molecule has 0 radical (unpaired) electrons. The Balaban J connectivity index is 1.50. The van der Waals surface area contributed by atoms with E-state index < -0.39 is 41.1 Å². The van der Waals surface area contributed by atoms with Gasteiger partial charge in [0.25, 0.3) is 5.91 Å². The molecule has 0 spiro atoms. The Kier molecular flexibility index (Phi) is 6.68. The molecule has 1 saturated heterocycles. The highest BCUT2D eigenvalue weighted by atomic mass is 19.3. The van der Waals surface area contributed by atoms with Crippen LogP contribution in [0.5, 0.6) is 5.75 Å². The fraction of sp³-hybridized carbons (Fsp3) is 0.464. The first-order valence-corrected chi connectivity index (χ1v) is 12.7. The number of nitrogens with one attached hydrogen (secondary N) is 1. The summed E-state index contributed by atoms with van der Waals surface area (Å²) in [6.45, 7) is 7.16. The summed E-state index contributed by atoms with van der Waals surface area (Å²) in [6, 6.07) is 7.35. The van der Waals surface area contributed by atoms with Gasteiger partial charge >= 0.3 is 5.92 Å². The summed E-state index contributed by atoms with van der Waals surface area (Å²) in [5.41, 5.74) is 1.35. The number of aromatic nitrogens is 1. The summed E-state index contributed by atoms with van der Waals surface area (Å²) in [5.74, 6) is -6.39. The molecule has 3 heterocycles. The Morgan fingerprint density at radius 3 is 2.49 bits per heavy atom. The van der Waals surface area contributed by atoms with Crippen molar-refractivity contribution in [1.29, 1.82) is 0 Å². The molecule has 1 aromatic heterocycles. The average Bonchev–Trinajstić information content (AvgIpc) is 3.17. The van der Waals surface area contributed by atoms with Crippen LogP contribution in [-0.2, 0) is 11.2 Å². The molecule has 0 aliphatic carbocycles. The smallest absolute Gasteiger partial charge is 0.322 e. The van der Waals surface area contributed by atoms with Crippen molar-refractivity contribution in [2.45, 2.75) is 51.6 Å². The fourth-order valence-corrected chi connectivity index (χ4v) is 5.60. The number of hydrogen-bond acceptors (Lipinski definition) is 3. The number of hydrogen-bond donors (Lipinski definition) is 1. The van der Waals surface area contributed by atoms with E-state index in [1.807, 2.05) is 18.2 Å². The lowest BCUT2D eigenvalue weighted by Crippen LogP contribution is -2.52. The average molecular weight is 518 g/mol. The first-order valence-electron chi connectivity index (χ1n) is 12.7. The number of para-hydroxylation sites is 1. The maximum atomic E-state index is 15.6. The van der Waals surface area contributed by atoms with Crippen LogP contribution in [0.25, 0.3) is 10.9 Å². The monoisotopic (exact) mass is 517 g/mol. The molecule has 0 unspecified atom stereocenters. The topological polar surface area (TPSA) is 48.6 Å². The number of carbonyl (C=O) groups is 1. The van der Waals surface area contributed by atoms with E-state index in [1.54, 1.807) is 13.0 Å². The van der Waals surface area contributed by atoms with Crippen LogP contribution >= 0.6 is 0 Å². The van der Waals surface area contributed by atoms with Crippen molar-refractivity contribution in [3.05, 3.63) is 64.9 Å². The number of nitrogens with zero attached hydrogens (tertiary/aromatic N) is 2. The Morgan fingerprint density at radius 1 is 1.16 bits per heavy atom. The van der Waals surface area contributed by atoms with E-state index in [0.29, 0.717) is 30.6 Å². The highest BCUT2D eigenvalue weighted by Gasteiger charge is 2.47. The number of halogens is 4. The molecular formula is C28H31F4N3O2. The van der Waals surface area contributed by atoms with E-state index in [0.717, 1.165) is 47.5 Å². The van der Waals surface area contributed by atoms with Crippen molar-refractivity contribution >= 4 is 16.8 Å². The lowest BCUT2D eigenvalue weighted by atomic mass is 9.87. The van der Waals surface area contributed by atoms with Crippen molar-refractivity contribution in [2.24, 2.45) is 5.92 Å². The van der Waals surface area contributed by atoms with Crippen LogP contribution in [0.4, 0.5) is 17.6 Å². The van der Waals surface area contributed by atoms with Crippen molar-refractivity contribution in [3.8, 4) is 5.75 Å². The molecule has 5 rings (SSSR count). The van der Waals surface area contributed by atoms with Gasteiger partial charge in [-0.05, 0) is 30.9 Å². The summed E-state index contributed by atoms with van der Waals surface area (Å²) >= 11 is 0. The van der Waals surface area contributed by atoms with Crippen LogP contribution < -0.4 is 4.74 Å². The van der Waals surface area contributed by atoms with Crippen molar-refractivity contribution in [1.82, 2.24) is 14.8 Å². The molecule has 0 bridgehead atoms. The zero-order valence-electron chi connectivity index (χ0n) is 21.2. The quantitative estimate of drug-likeness (QED) is 0.410. The maximum Gasteiger partial charge on any atom is 0.322 e. The molecule has 1 fully saturated rings. The molecule has 0 saturated carbocycles. The van der Waals surface area contributed by atoms with Gasteiger partial charge in [-0.1, -0.05) is 31.5 Å². The van der Waals surface area contributed by atoms with Gasteiger partial charge in [0.2, 0.25) is 0 Å². The Labute approximate surface area is 213 Å². The molecule has 1 N–H and O–H groups in total. The number of H-pyrrole nitrogens is 1. The van der Waals surface area contributed by atoms with Crippen LogP contribution in [0, 0.1) is 17.6 Å². The minimum atomic E-state index is -3.71. The number of benzene rings is 2. The van der Waals surface area contributed by atoms with E-state index >= 15 is 8.78 Å². The molecule has 2 atom stereocenters. The Bertz CT molecular complexity index is 1290. The standard InChI is InChI=1S/C28H31F4N3O2/c1-4-17-14-34(15-17)9-10-37-18-12-21(29)24(22(30)13-18)26-25-20(19-7-5-6-8-23(19)33-25)11-16(2)35(26)27(36)28(3,31)32/h5-8,12-13,16-17,26,33H,4,9-11,14-15H2,1-3H3/t16-,26-/m1/s1. The maximum absolute atomic E-state index is 15.6. The number of likely N-dealkylation sites (tertiary alicyclic amines) is 1. The van der Waals surface area contributed by atoms with E-state index in [4.69, 9.17) is 4.74 Å². The summed E-state index contributed by atoms with van der Waals surface area (Å²) in [7, 11) is 0. The number of ether oxygens (including phenoxy) is 1. The lowest BCUT2D eigenvalue weighted by molar-refractivity contribution is -0.160. The normalized spacial score (nSPS) is 20.7.